The third-order valence-corrected chi connectivity index (χ3v) is 4.54. The predicted molar refractivity (Wildman–Crippen MR) is 126 cm³/mol. The van der Waals surface area contributed by atoms with Crippen LogP contribution in [0.1, 0.15) is 40.4 Å². The molecule has 0 radical (unpaired) electrons. The molecule has 11 heteroatoms. The van der Waals surface area contributed by atoms with Crippen molar-refractivity contribution in [3.8, 4) is 11.8 Å². The molecule has 0 spiro atoms. The second-order valence-electron chi connectivity index (χ2n) is 7.75. The maximum absolute atomic E-state index is 12.9. The first-order chi connectivity index (χ1) is 16.8. The summed E-state index contributed by atoms with van der Waals surface area (Å²) in [4.78, 5) is 43.7. The fourth-order valence-electron chi connectivity index (χ4n) is 2.83. The second-order valence-corrected chi connectivity index (χ2v) is 7.75. The third-order valence-electron chi connectivity index (χ3n) is 4.54. The van der Waals surface area contributed by atoms with Gasteiger partial charge in [-0.2, -0.15) is 0 Å². The Balaban J connectivity index is 1.85. The number of methoxy groups -OCH3 is 1. The van der Waals surface area contributed by atoms with Crippen LogP contribution in [0.2, 0.25) is 0 Å². The molecular weight excluding hydrogens is 456 g/mol. The number of amides is 1. The highest BCUT2D eigenvalue weighted by Gasteiger charge is 2.22. The molecule has 182 valence electrons. The Hall–Kier alpha value is -4.54. The van der Waals surface area contributed by atoms with Crippen LogP contribution in [0.15, 0.2) is 54.6 Å². The fraction of sp³-hybridized carbons (Fsp3) is 0.250. The Labute approximate surface area is 201 Å². The molecule has 0 aliphatic rings. The van der Waals surface area contributed by atoms with E-state index in [9.17, 15) is 19.7 Å². The zero-order valence-corrected chi connectivity index (χ0v) is 19.4. The summed E-state index contributed by atoms with van der Waals surface area (Å²) in [5.41, 5.74) is 0.486. The lowest BCUT2D eigenvalue weighted by molar-refractivity contribution is -0.386. The van der Waals surface area contributed by atoms with Crippen molar-refractivity contribution < 1.29 is 28.7 Å². The summed E-state index contributed by atoms with van der Waals surface area (Å²) in [6, 6.07) is 14.2. The van der Waals surface area contributed by atoms with Gasteiger partial charge in [-0.05, 0) is 29.7 Å². The second kappa shape index (κ2) is 11.5. The Morgan fingerprint density at radius 2 is 1.66 bits per heavy atom. The van der Waals surface area contributed by atoms with Gasteiger partial charge in [0, 0.05) is 6.07 Å². The van der Waals surface area contributed by atoms with Crippen molar-refractivity contribution in [2.45, 2.75) is 20.5 Å². The van der Waals surface area contributed by atoms with Gasteiger partial charge in [-0.1, -0.05) is 44.2 Å². The monoisotopic (exact) mass is 480 g/mol. The third kappa shape index (κ3) is 6.73. The average Bonchev–Trinajstić information content (AvgIpc) is 2.86. The Bertz CT molecular complexity index is 1220. The van der Waals surface area contributed by atoms with Crippen molar-refractivity contribution in [1.29, 1.82) is 0 Å². The normalized spacial score (nSPS) is 10.5. The molecule has 2 heterocycles. The smallest absolute Gasteiger partial charge is 0.356 e. The van der Waals surface area contributed by atoms with E-state index in [1.165, 1.54) is 25.3 Å². The van der Waals surface area contributed by atoms with Crippen molar-refractivity contribution in [1.82, 2.24) is 9.97 Å². The van der Waals surface area contributed by atoms with Crippen LogP contribution < -0.4 is 14.8 Å². The molecule has 0 atom stereocenters. The number of pyridine rings is 2. The van der Waals surface area contributed by atoms with E-state index in [1.807, 2.05) is 32.0 Å². The molecule has 1 amide bonds. The van der Waals surface area contributed by atoms with Crippen molar-refractivity contribution in [3.63, 3.8) is 0 Å². The van der Waals surface area contributed by atoms with E-state index in [-0.39, 0.29) is 53.7 Å². The number of nitrogens with one attached hydrogen (secondary N) is 1. The highest BCUT2D eigenvalue weighted by molar-refractivity contribution is 6.04. The Morgan fingerprint density at radius 3 is 2.31 bits per heavy atom. The molecular formula is C24H24N4O7. The van der Waals surface area contributed by atoms with Gasteiger partial charge in [0.15, 0.2) is 5.69 Å². The fourth-order valence-corrected chi connectivity index (χ4v) is 2.83. The molecule has 0 saturated heterocycles. The quantitative estimate of drug-likeness (QED) is 0.258. The first kappa shape index (κ1) is 25.1. The summed E-state index contributed by atoms with van der Waals surface area (Å²) in [7, 11) is 1.23. The first-order valence-corrected chi connectivity index (χ1v) is 10.6. The number of esters is 1. The van der Waals surface area contributed by atoms with Gasteiger partial charge in [0.2, 0.25) is 5.88 Å². The molecule has 0 aliphatic heterocycles. The largest absolute Gasteiger partial charge is 0.476 e. The number of rotatable bonds is 10. The number of carbonyl (C=O) groups excluding carboxylic acids is 2. The van der Waals surface area contributed by atoms with E-state index in [0.29, 0.717) is 0 Å². The van der Waals surface area contributed by atoms with Crippen LogP contribution >= 0.6 is 0 Å². The molecule has 0 bridgehead atoms. The standard InChI is InChI=1S/C24H24N4O7/c1-15(2)13-34-22-18(9-10-19(27-22)24(30)33-3)25-21(29)17-11-12-20(28(31)32)23(26-17)35-14-16-7-5-4-6-8-16/h4-12,15H,13-14H2,1-3H3,(H,25,29). The summed E-state index contributed by atoms with van der Waals surface area (Å²) in [6.07, 6.45) is 0. The van der Waals surface area contributed by atoms with Crippen LogP contribution in [0.3, 0.4) is 0 Å². The van der Waals surface area contributed by atoms with Crippen LogP contribution in [0.4, 0.5) is 11.4 Å². The minimum atomic E-state index is -0.675. The van der Waals surface area contributed by atoms with Crippen LogP contribution in [-0.4, -0.2) is 40.5 Å². The number of anilines is 1. The maximum atomic E-state index is 12.9. The van der Waals surface area contributed by atoms with E-state index in [4.69, 9.17) is 9.47 Å². The Morgan fingerprint density at radius 1 is 0.971 bits per heavy atom. The van der Waals surface area contributed by atoms with Crippen molar-refractivity contribution in [2.24, 2.45) is 5.92 Å². The van der Waals surface area contributed by atoms with Gasteiger partial charge in [0.25, 0.3) is 11.8 Å². The SMILES string of the molecule is COC(=O)c1ccc(NC(=O)c2ccc([N+](=O)[O-])c(OCc3ccccc3)n2)c(OCC(C)C)n1. The van der Waals surface area contributed by atoms with Gasteiger partial charge in [-0.15, -0.1) is 0 Å². The zero-order chi connectivity index (χ0) is 25.4. The topological polar surface area (TPSA) is 143 Å². The number of hydrogen-bond donors (Lipinski definition) is 1. The first-order valence-electron chi connectivity index (χ1n) is 10.6. The zero-order valence-electron chi connectivity index (χ0n) is 19.4. The number of benzene rings is 1. The van der Waals surface area contributed by atoms with Gasteiger partial charge in [0.05, 0.1) is 18.6 Å². The van der Waals surface area contributed by atoms with Crippen LogP contribution in [0.25, 0.3) is 0 Å². The molecule has 3 rings (SSSR count). The lowest BCUT2D eigenvalue weighted by Crippen LogP contribution is -2.17. The molecule has 3 aromatic rings. The Kier molecular flexibility index (Phi) is 8.28. The minimum absolute atomic E-state index is 0.00862. The molecule has 11 nitrogen and oxygen atoms in total. The van der Waals surface area contributed by atoms with Gasteiger partial charge in [0.1, 0.15) is 18.0 Å². The van der Waals surface area contributed by atoms with E-state index in [0.717, 1.165) is 11.6 Å². The number of aromatic nitrogens is 2. The van der Waals surface area contributed by atoms with Crippen LogP contribution in [0, 0.1) is 16.0 Å². The molecule has 0 unspecified atom stereocenters. The molecule has 1 aromatic carbocycles. The number of nitro groups is 1. The summed E-state index contributed by atoms with van der Waals surface area (Å²) < 4.78 is 15.9. The molecule has 0 fully saturated rings. The number of hydrogen-bond acceptors (Lipinski definition) is 9. The number of nitrogens with zero attached hydrogens (tertiary/aromatic N) is 3. The van der Waals surface area contributed by atoms with Gasteiger partial charge in [-0.3, -0.25) is 14.9 Å². The summed E-state index contributed by atoms with van der Waals surface area (Å²) in [5, 5.41) is 14.0. The van der Waals surface area contributed by atoms with E-state index >= 15 is 0 Å². The lowest BCUT2D eigenvalue weighted by atomic mass is 10.2. The summed E-state index contributed by atoms with van der Waals surface area (Å²) in [6.45, 7) is 4.18. The van der Waals surface area contributed by atoms with Gasteiger partial charge in [-0.25, -0.2) is 14.8 Å². The molecule has 2 aromatic heterocycles. The van der Waals surface area contributed by atoms with E-state index in [2.05, 4.69) is 20.0 Å². The predicted octanol–water partition coefficient (Wildman–Crippen LogP) is 4.04. The van der Waals surface area contributed by atoms with Crippen molar-refractivity contribution in [2.75, 3.05) is 19.0 Å². The number of carbonyl (C=O) groups is 2. The lowest BCUT2D eigenvalue weighted by Gasteiger charge is -2.14. The maximum Gasteiger partial charge on any atom is 0.356 e. The van der Waals surface area contributed by atoms with Crippen LogP contribution in [0.5, 0.6) is 11.8 Å². The summed E-state index contributed by atoms with van der Waals surface area (Å²) >= 11 is 0. The van der Waals surface area contributed by atoms with Gasteiger partial charge < -0.3 is 19.5 Å². The minimum Gasteiger partial charge on any atom is -0.476 e. The summed E-state index contributed by atoms with van der Waals surface area (Å²) in [5.74, 6) is -1.44. The van der Waals surface area contributed by atoms with Crippen LogP contribution in [-0.2, 0) is 11.3 Å². The molecule has 1 N–H and O–H groups in total. The average molecular weight is 480 g/mol. The highest BCUT2D eigenvalue weighted by atomic mass is 16.6. The highest BCUT2D eigenvalue weighted by Crippen LogP contribution is 2.27. The van der Waals surface area contributed by atoms with Crippen molar-refractivity contribution >= 4 is 23.3 Å². The molecule has 35 heavy (non-hydrogen) atoms. The van der Waals surface area contributed by atoms with Crippen molar-refractivity contribution in [3.05, 3.63) is 81.7 Å². The molecule has 0 aliphatic carbocycles. The van der Waals surface area contributed by atoms with E-state index in [1.54, 1.807) is 12.1 Å². The van der Waals surface area contributed by atoms with Gasteiger partial charge >= 0.3 is 11.7 Å². The molecule has 0 saturated carbocycles. The van der Waals surface area contributed by atoms with E-state index < -0.39 is 16.8 Å². The number of ether oxygens (including phenoxy) is 3.